The Hall–Kier alpha value is -4.92. The lowest BCUT2D eigenvalue weighted by atomic mass is 9.86. The molecule has 0 aromatic heterocycles. The SMILES string of the molecule is COc1ccc(S(=O)(=O)N2[C@H](C(=O)NC(CCCc3ccccc3)CCCc3ccccc3)Cc3ccccc3[C@@H]2Cc2ccccc2)cc1OC. The molecule has 1 aliphatic rings. The van der Waals surface area contributed by atoms with E-state index in [0.29, 0.717) is 17.9 Å². The van der Waals surface area contributed by atoms with Gasteiger partial charge in [0.05, 0.1) is 25.2 Å². The number of hydrogen-bond acceptors (Lipinski definition) is 5. The predicted molar refractivity (Wildman–Crippen MR) is 206 cm³/mol. The quantitative estimate of drug-likeness (QED) is 0.112. The smallest absolute Gasteiger partial charge is 0.244 e. The minimum Gasteiger partial charge on any atom is -0.493 e. The summed E-state index contributed by atoms with van der Waals surface area (Å²) >= 11 is 0. The maximum absolute atomic E-state index is 15.0. The fourth-order valence-electron chi connectivity index (χ4n) is 7.36. The Morgan fingerprint density at radius 3 is 1.83 bits per heavy atom. The zero-order valence-corrected chi connectivity index (χ0v) is 30.8. The molecule has 0 radical (unpaired) electrons. The van der Waals surface area contributed by atoms with Crippen molar-refractivity contribution < 1.29 is 22.7 Å². The first kappa shape index (κ1) is 36.9. The Kier molecular flexibility index (Phi) is 12.4. The molecule has 52 heavy (non-hydrogen) atoms. The van der Waals surface area contributed by atoms with Crippen molar-refractivity contribution >= 4 is 15.9 Å². The summed E-state index contributed by atoms with van der Waals surface area (Å²) in [6, 6.07) is 41.5. The van der Waals surface area contributed by atoms with E-state index in [-0.39, 0.29) is 23.3 Å². The highest BCUT2D eigenvalue weighted by atomic mass is 32.2. The number of hydrogen-bond donors (Lipinski definition) is 1. The predicted octanol–water partition coefficient (Wildman–Crippen LogP) is 8.13. The number of aryl methyl sites for hydroxylation is 2. The van der Waals surface area contributed by atoms with E-state index in [2.05, 4.69) is 53.8 Å². The molecule has 5 aromatic carbocycles. The van der Waals surface area contributed by atoms with Crippen molar-refractivity contribution in [3.63, 3.8) is 0 Å². The largest absolute Gasteiger partial charge is 0.493 e. The van der Waals surface area contributed by atoms with Crippen LogP contribution in [0.25, 0.3) is 0 Å². The third-order valence-corrected chi connectivity index (χ3v) is 11.9. The first-order valence-electron chi connectivity index (χ1n) is 18.1. The summed E-state index contributed by atoms with van der Waals surface area (Å²) < 4.78 is 42.3. The molecule has 5 aromatic rings. The molecule has 0 saturated carbocycles. The zero-order chi connectivity index (χ0) is 36.3. The lowest BCUT2D eigenvalue weighted by Crippen LogP contribution is -2.56. The number of methoxy groups -OCH3 is 2. The minimum absolute atomic E-state index is 0.0441. The molecular formula is C44H48N2O5S. The monoisotopic (exact) mass is 716 g/mol. The summed E-state index contributed by atoms with van der Waals surface area (Å²) in [6.07, 6.45) is 5.86. The van der Waals surface area contributed by atoms with Gasteiger partial charge in [0.15, 0.2) is 11.5 Å². The maximum Gasteiger partial charge on any atom is 0.244 e. The third kappa shape index (κ3) is 8.92. The van der Waals surface area contributed by atoms with E-state index in [1.54, 1.807) is 6.07 Å². The average molecular weight is 717 g/mol. The Labute approximate surface area is 308 Å². The Bertz CT molecular complexity index is 1960. The lowest BCUT2D eigenvalue weighted by molar-refractivity contribution is -0.126. The van der Waals surface area contributed by atoms with Crippen molar-refractivity contribution in [1.82, 2.24) is 9.62 Å². The molecule has 8 heteroatoms. The first-order valence-corrected chi connectivity index (χ1v) is 19.6. The van der Waals surface area contributed by atoms with Crippen molar-refractivity contribution in [2.75, 3.05) is 14.2 Å². The normalized spacial score (nSPS) is 15.9. The van der Waals surface area contributed by atoms with Gasteiger partial charge in [-0.25, -0.2) is 8.42 Å². The third-order valence-electron chi connectivity index (χ3n) is 10.0. The van der Waals surface area contributed by atoms with Gasteiger partial charge in [-0.05, 0) is 91.3 Å². The van der Waals surface area contributed by atoms with E-state index in [4.69, 9.17) is 9.47 Å². The van der Waals surface area contributed by atoms with Gasteiger partial charge in [0.2, 0.25) is 15.9 Å². The molecule has 0 unspecified atom stereocenters. The van der Waals surface area contributed by atoms with Crippen LogP contribution < -0.4 is 14.8 Å². The van der Waals surface area contributed by atoms with E-state index >= 15 is 0 Å². The molecular weight excluding hydrogens is 669 g/mol. The van der Waals surface area contributed by atoms with Crippen LogP contribution in [0.2, 0.25) is 0 Å². The molecule has 2 atom stereocenters. The van der Waals surface area contributed by atoms with Crippen molar-refractivity contribution in [2.45, 2.75) is 74.4 Å². The van der Waals surface area contributed by atoms with Crippen molar-refractivity contribution in [3.05, 3.63) is 161 Å². The summed E-state index contributed by atoms with van der Waals surface area (Å²) in [7, 11) is -1.23. The second-order valence-corrected chi connectivity index (χ2v) is 15.3. The van der Waals surface area contributed by atoms with Crippen LogP contribution in [0.1, 0.15) is 59.5 Å². The van der Waals surface area contributed by atoms with E-state index in [1.807, 2.05) is 66.7 Å². The van der Waals surface area contributed by atoms with E-state index in [9.17, 15) is 13.2 Å². The van der Waals surface area contributed by atoms with Gasteiger partial charge in [0.25, 0.3) is 0 Å². The van der Waals surface area contributed by atoms with Crippen LogP contribution >= 0.6 is 0 Å². The van der Waals surface area contributed by atoms with Crippen LogP contribution in [0.5, 0.6) is 11.5 Å². The standard InChI is InChI=1S/C44H48N2O5S/c1-50-42-29-28-38(32-43(42)51-2)52(48,49)46-40(30-35-20-10-5-11-21-35)39-27-13-12-24-36(39)31-41(46)44(47)45-37(25-14-22-33-16-6-3-7-17-33)26-15-23-34-18-8-4-9-19-34/h3-13,16-21,24,27-29,32,37,40-41H,14-15,22-23,25-26,30-31H2,1-2H3,(H,45,47)/t40-,41-/m0/s1. The molecule has 7 nitrogen and oxygen atoms in total. The maximum atomic E-state index is 15.0. The highest BCUT2D eigenvalue weighted by molar-refractivity contribution is 7.89. The molecule has 1 aliphatic heterocycles. The second kappa shape index (κ2) is 17.5. The summed E-state index contributed by atoms with van der Waals surface area (Å²) in [5.74, 6) is 0.453. The van der Waals surface area contributed by atoms with Gasteiger partial charge in [-0.2, -0.15) is 4.31 Å². The van der Waals surface area contributed by atoms with Gasteiger partial charge in [0.1, 0.15) is 6.04 Å². The van der Waals surface area contributed by atoms with Gasteiger partial charge in [-0.3, -0.25) is 4.79 Å². The van der Waals surface area contributed by atoms with Crippen molar-refractivity contribution in [2.24, 2.45) is 0 Å². The Morgan fingerprint density at radius 2 is 1.25 bits per heavy atom. The fraction of sp³-hybridized carbons (Fsp3) is 0.295. The number of nitrogens with zero attached hydrogens (tertiary/aromatic N) is 1. The number of nitrogens with one attached hydrogen (secondary N) is 1. The molecule has 1 heterocycles. The van der Waals surface area contributed by atoms with Crippen molar-refractivity contribution in [1.29, 1.82) is 0 Å². The van der Waals surface area contributed by atoms with Gasteiger partial charge in [0, 0.05) is 12.1 Å². The highest BCUT2D eigenvalue weighted by Crippen LogP contribution is 2.41. The van der Waals surface area contributed by atoms with Gasteiger partial charge in [-0.1, -0.05) is 115 Å². The minimum atomic E-state index is -4.23. The van der Waals surface area contributed by atoms with Crippen LogP contribution in [0.15, 0.2) is 138 Å². The van der Waals surface area contributed by atoms with Crippen LogP contribution in [0.4, 0.5) is 0 Å². The molecule has 0 aliphatic carbocycles. The highest BCUT2D eigenvalue weighted by Gasteiger charge is 2.46. The molecule has 0 spiro atoms. The van der Waals surface area contributed by atoms with Gasteiger partial charge >= 0.3 is 0 Å². The summed E-state index contributed by atoms with van der Waals surface area (Å²) in [4.78, 5) is 14.8. The first-order chi connectivity index (χ1) is 25.4. The molecule has 6 rings (SSSR count). The number of amides is 1. The number of fused-ring (bicyclic) bond motifs is 1. The van der Waals surface area contributed by atoms with Crippen LogP contribution in [-0.2, 0) is 40.5 Å². The van der Waals surface area contributed by atoms with E-state index in [0.717, 1.165) is 55.2 Å². The van der Waals surface area contributed by atoms with Crippen LogP contribution in [0.3, 0.4) is 0 Å². The van der Waals surface area contributed by atoms with Crippen LogP contribution in [0, 0.1) is 0 Å². The summed E-state index contributed by atoms with van der Waals surface area (Å²) in [5, 5.41) is 3.38. The molecule has 0 fully saturated rings. The Balaban J connectivity index is 1.34. The number of benzene rings is 5. The second-order valence-electron chi connectivity index (χ2n) is 13.4. The molecule has 0 bridgehead atoms. The molecule has 0 saturated heterocycles. The zero-order valence-electron chi connectivity index (χ0n) is 30.0. The van der Waals surface area contributed by atoms with Crippen molar-refractivity contribution in [3.8, 4) is 11.5 Å². The summed E-state index contributed by atoms with van der Waals surface area (Å²) in [6.45, 7) is 0. The number of carbonyl (C=O) groups is 1. The van der Waals surface area contributed by atoms with Gasteiger partial charge in [-0.15, -0.1) is 0 Å². The van der Waals surface area contributed by atoms with E-state index in [1.165, 1.54) is 41.8 Å². The topological polar surface area (TPSA) is 84.9 Å². The Morgan fingerprint density at radius 1 is 0.712 bits per heavy atom. The number of ether oxygens (including phenoxy) is 2. The number of rotatable bonds is 16. The molecule has 1 N–H and O–H groups in total. The lowest BCUT2D eigenvalue weighted by Gasteiger charge is -2.42. The number of carbonyl (C=O) groups excluding carboxylic acids is 1. The number of sulfonamides is 1. The molecule has 270 valence electrons. The summed E-state index contributed by atoms with van der Waals surface area (Å²) in [5.41, 5.74) is 5.39. The average Bonchev–Trinajstić information content (AvgIpc) is 3.18. The van der Waals surface area contributed by atoms with Crippen LogP contribution in [-0.4, -0.2) is 44.9 Å². The van der Waals surface area contributed by atoms with Gasteiger partial charge < -0.3 is 14.8 Å². The fourth-order valence-corrected chi connectivity index (χ4v) is 9.13. The molecule has 1 amide bonds. The van der Waals surface area contributed by atoms with E-state index < -0.39 is 22.1 Å².